The van der Waals surface area contributed by atoms with Crippen LogP contribution in [-0.4, -0.2) is 16.0 Å². The Labute approximate surface area is 96.7 Å². The van der Waals surface area contributed by atoms with Gasteiger partial charge in [-0.1, -0.05) is 0 Å². The van der Waals surface area contributed by atoms with E-state index in [9.17, 15) is 9.18 Å². The van der Waals surface area contributed by atoms with Gasteiger partial charge in [0.25, 0.3) is 5.91 Å². The van der Waals surface area contributed by atoms with Gasteiger partial charge in [0.2, 0.25) is 0 Å². The van der Waals surface area contributed by atoms with Crippen molar-refractivity contribution >= 4 is 11.6 Å². The van der Waals surface area contributed by atoms with Crippen molar-refractivity contribution in [1.29, 1.82) is 0 Å². The first-order chi connectivity index (χ1) is 8.16. The molecule has 17 heavy (non-hydrogen) atoms. The number of carbonyl (C=O) groups is 1. The number of halogens is 1. The number of hydrogen-bond donors (Lipinski definition) is 2. The van der Waals surface area contributed by atoms with E-state index in [1.165, 1.54) is 36.5 Å². The van der Waals surface area contributed by atoms with Crippen molar-refractivity contribution in [2.75, 3.05) is 5.32 Å². The van der Waals surface area contributed by atoms with Crippen LogP contribution >= 0.6 is 0 Å². The highest BCUT2D eigenvalue weighted by Crippen LogP contribution is 2.14. The van der Waals surface area contributed by atoms with Crippen LogP contribution in [0.3, 0.4) is 0 Å². The van der Waals surface area contributed by atoms with E-state index in [4.69, 9.17) is 5.11 Å². The number of phenolic OH excluding ortho intramolecular Hbond substituents is 1. The van der Waals surface area contributed by atoms with Crippen molar-refractivity contribution in [1.82, 2.24) is 4.98 Å². The second-order valence-corrected chi connectivity index (χ2v) is 3.36. The molecule has 0 saturated carbocycles. The number of phenols is 1. The summed E-state index contributed by atoms with van der Waals surface area (Å²) in [6, 6.07) is 7.04. The van der Waals surface area contributed by atoms with Crippen LogP contribution in [0.5, 0.6) is 5.75 Å². The number of pyridine rings is 1. The Balaban J connectivity index is 2.17. The lowest BCUT2D eigenvalue weighted by Crippen LogP contribution is -2.12. The zero-order valence-corrected chi connectivity index (χ0v) is 8.72. The van der Waals surface area contributed by atoms with Gasteiger partial charge in [0, 0.05) is 11.8 Å². The molecule has 0 unspecified atom stereocenters. The van der Waals surface area contributed by atoms with Crippen LogP contribution < -0.4 is 5.32 Å². The third-order valence-electron chi connectivity index (χ3n) is 2.15. The highest BCUT2D eigenvalue weighted by atomic mass is 19.1. The molecule has 0 aliphatic rings. The molecular formula is C12H9FN2O2. The fourth-order valence-corrected chi connectivity index (χ4v) is 1.28. The van der Waals surface area contributed by atoms with Gasteiger partial charge < -0.3 is 10.4 Å². The smallest absolute Gasteiger partial charge is 0.255 e. The SMILES string of the molecule is O=C(Nc1ccncc1F)c1ccc(O)cc1. The first kappa shape index (κ1) is 11.1. The molecule has 1 heterocycles. The molecule has 0 fully saturated rings. The first-order valence-corrected chi connectivity index (χ1v) is 4.87. The highest BCUT2D eigenvalue weighted by molar-refractivity contribution is 6.04. The summed E-state index contributed by atoms with van der Waals surface area (Å²) in [5, 5.41) is 11.5. The van der Waals surface area contributed by atoms with E-state index in [1.54, 1.807) is 0 Å². The van der Waals surface area contributed by atoms with Crippen LogP contribution in [0.4, 0.5) is 10.1 Å². The molecule has 5 heteroatoms. The summed E-state index contributed by atoms with van der Waals surface area (Å²) in [7, 11) is 0. The zero-order chi connectivity index (χ0) is 12.3. The minimum Gasteiger partial charge on any atom is -0.508 e. The maximum absolute atomic E-state index is 13.2. The molecule has 0 spiro atoms. The zero-order valence-electron chi connectivity index (χ0n) is 8.72. The Morgan fingerprint density at radius 2 is 1.94 bits per heavy atom. The molecule has 1 aromatic heterocycles. The van der Waals surface area contributed by atoms with E-state index in [-0.39, 0.29) is 11.4 Å². The Hall–Kier alpha value is -2.43. The third kappa shape index (κ3) is 2.57. The predicted octanol–water partition coefficient (Wildman–Crippen LogP) is 2.18. The van der Waals surface area contributed by atoms with Crippen molar-refractivity contribution in [2.24, 2.45) is 0 Å². The van der Waals surface area contributed by atoms with Gasteiger partial charge in [-0.15, -0.1) is 0 Å². The van der Waals surface area contributed by atoms with E-state index < -0.39 is 11.7 Å². The quantitative estimate of drug-likeness (QED) is 0.834. The number of anilines is 1. The molecule has 1 aromatic carbocycles. The minimum absolute atomic E-state index is 0.0663. The summed E-state index contributed by atoms with van der Waals surface area (Å²) in [5.74, 6) is -0.980. The average Bonchev–Trinajstić information content (AvgIpc) is 2.33. The number of aromatic nitrogens is 1. The molecule has 0 aliphatic heterocycles. The molecular weight excluding hydrogens is 223 g/mol. The lowest BCUT2D eigenvalue weighted by Gasteiger charge is -2.05. The minimum atomic E-state index is -0.598. The van der Waals surface area contributed by atoms with E-state index in [2.05, 4.69) is 10.3 Å². The monoisotopic (exact) mass is 232 g/mol. The van der Waals surface area contributed by atoms with Gasteiger partial charge in [-0.2, -0.15) is 0 Å². The van der Waals surface area contributed by atoms with Gasteiger partial charge >= 0.3 is 0 Å². The van der Waals surface area contributed by atoms with Gasteiger partial charge in [-0.25, -0.2) is 4.39 Å². The van der Waals surface area contributed by atoms with E-state index in [1.807, 2.05) is 0 Å². The Morgan fingerprint density at radius 1 is 1.24 bits per heavy atom. The lowest BCUT2D eigenvalue weighted by molar-refractivity contribution is 0.102. The summed E-state index contributed by atoms with van der Waals surface area (Å²) in [6.07, 6.45) is 2.40. The summed E-state index contributed by atoms with van der Waals surface area (Å²) in [4.78, 5) is 15.3. The van der Waals surface area contributed by atoms with E-state index in [0.717, 1.165) is 6.20 Å². The number of carbonyl (C=O) groups excluding carboxylic acids is 1. The molecule has 0 bridgehead atoms. The van der Waals surface area contributed by atoms with Gasteiger partial charge in [-0.3, -0.25) is 9.78 Å². The second-order valence-electron chi connectivity index (χ2n) is 3.36. The van der Waals surface area contributed by atoms with Gasteiger partial charge in [-0.05, 0) is 30.3 Å². The molecule has 2 rings (SSSR count). The van der Waals surface area contributed by atoms with Gasteiger partial charge in [0.05, 0.1) is 11.9 Å². The first-order valence-electron chi connectivity index (χ1n) is 4.87. The number of nitrogens with zero attached hydrogens (tertiary/aromatic N) is 1. The predicted molar refractivity (Wildman–Crippen MR) is 60.3 cm³/mol. The largest absolute Gasteiger partial charge is 0.508 e. The third-order valence-corrected chi connectivity index (χ3v) is 2.15. The second kappa shape index (κ2) is 4.61. The molecule has 0 atom stereocenters. The van der Waals surface area contributed by atoms with Crippen LogP contribution in [0, 0.1) is 5.82 Å². The van der Waals surface area contributed by atoms with Gasteiger partial charge in [0.15, 0.2) is 5.82 Å². The van der Waals surface area contributed by atoms with Crippen molar-refractivity contribution in [3.63, 3.8) is 0 Å². The van der Waals surface area contributed by atoms with E-state index >= 15 is 0 Å². The normalized spacial score (nSPS) is 9.94. The van der Waals surface area contributed by atoms with E-state index in [0.29, 0.717) is 5.56 Å². The molecule has 0 saturated heterocycles. The maximum atomic E-state index is 13.2. The summed E-state index contributed by atoms with van der Waals surface area (Å²) < 4.78 is 13.2. The van der Waals surface area contributed by atoms with Crippen LogP contribution in [0.25, 0.3) is 0 Å². The molecule has 0 radical (unpaired) electrons. The number of benzene rings is 1. The highest BCUT2D eigenvalue weighted by Gasteiger charge is 2.08. The van der Waals surface area contributed by atoms with Gasteiger partial charge in [0.1, 0.15) is 5.75 Å². The standard InChI is InChI=1S/C12H9FN2O2/c13-10-7-14-6-5-11(10)15-12(17)8-1-3-9(16)4-2-8/h1-7,16H,(H,14,15,17). The number of nitrogens with one attached hydrogen (secondary N) is 1. The number of rotatable bonds is 2. The molecule has 1 amide bonds. The molecule has 86 valence electrons. The van der Waals surface area contributed by atoms with Crippen molar-refractivity contribution in [3.8, 4) is 5.75 Å². The van der Waals surface area contributed by atoms with Crippen LogP contribution in [0.2, 0.25) is 0 Å². The van der Waals surface area contributed by atoms with Crippen LogP contribution in [0.15, 0.2) is 42.7 Å². The number of aromatic hydroxyl groups is 1. The average molecular weight is 232 g/mol. The lowest BCUT2D eigenvalue weighted by atomic mass is 10.2. The molecule has 0 aliphatic carbocycles. The Morgan fingerprint density at radius 3 is 2.59 bits per heavy atom. The van der Waals surface area contributed by atoms with Crippen molar-refractivity contribution < 1.29 is 14.3 Å². The Bertz CT molecular complexity index is 540. The summed E-state index contributed by atoms with van der Waals surface area (Å²) >= 11 is 0. The van der Waals surface area contributed by atoms with Crippen molar-refractivity contribution in [3.05, 3.63) is 54.1 Å². The summed E-state index contributed by atoms with van der Waals surface area (Å²) in [6.45, 7) is 0. The summed E-state index contributed by atoms with van der Waals surface area (Å²) in [5.41, 5.74) is 0.400. The number of hydrogen-bond acceptors (Lipinski definition) is 3. The van der Waals surface area contributed by atoms with Crippen LogP contribution in [-0.2, 0) is 0 Å². The maximum Gasteiger partial charge on any atom is 0.255 e. The molecule has 2 aromatic rings. The van der Waals surface area contributed by atoms with Crippen LogP contribution in [0.1, 0.15) is 10.4 Å². The Kier molecular flexibility index (Phi) is 3.00. The molecule has 4 nitrogen and oxygen atoms in total. The fourth-order valence-electron chi connectivity index (χ4n) is 1.28. The molecule has 2 N–H and O–H groups in total. The number of amides is 1. The topological polar surface area (TPSA) is 62.2 Å². The fraction of sp³-hybridized carbons (Fsp3) is 0. The van der Waals surface area contributed by atoms with Crippen molar-refractivity contribution in [2.45, 2.75) is 0 Å².